The number of rotatable bonds is 7. The number of nitrogens with zero attached hydrogens (tertiary/aromatic N) is 1. The van der Waals surface area contributed by atoms with Gasteiger partial charge in [0.25, 0.3) is 5.91 Å². The van der Waals surface area contributed by atoms with Crippen LogP contribution in [-0.2, 0) is 35.3 Å². The molecule has 1 atom stereocenters. The molecule has 0 bridgehead atoms. The van der Waals surface area contributed by atoms with Crippen LogP contribution in [0.3, 0.4) is 0 Å². The zero-order valence-electron chi connectivity index (χ0n) is 13.6. The molecule has 1 unspecified atom stereocenters. The van der Waals surface area contributed by atoms with Crippen molar-refractivity contribution in [2.75, 3.05) is 13.4 Å². The minimum Gasteiger partial charge on any atom is -0.398 e. The van der Waals surface area contributed by atoms with Gasteiger partial charge in [0, 0.05) is 37.9 Å². The van der Waals surface area contributed by atoms with E-state index in [-0.39, 0.29) is 33.1 Å². The summed E-state index contributed by atoms with van der Waals surface area (Å²) < 4.78 is 12.6. The Bertz CT molecular complexity index is 757. The van der Waals surface area contributed by atoms with Crippen LogP contribution in [0.4, 0.5) is 0 Å². The Morgan fingerprint density at radius 3 is 2.28 bits per heavy atom. The van der Waals surface area contributed by atoms with E-state index in [1.165, 1.54) is 18.5 Å². The molecule has 2 aromatic carbocycles. The second-order valence-corrected chi connectivity index (χ2v) is 10.0. The third kappa shape index (κ3) is 7.19. The van der Waals surface area contributed by atoms with Crippen LogP contribution in [0.2, 0.25) is 0 Å². The molecule has 0 fully saturated rings. The van der Waals surface area contributed by atoms with Crippen molar-refractivity contribution in [1.29, 1.82) is 0 Å². The fourth-order valence-corrected chi connectivity index (χ4v) is 4.91. The molecule has 0 aliphatic heterocycles. The van der Waals surface area contributed by atoms with Crippen LogP contribution >= 0.6 is 17.7 Å². The molecular formula is C17H18N2O3PSW-. The minimum atomic E-state index is -2.88. The number of hydrogen-bond acceptors (Lipinski definition) is 5. The van der Waals surface area contributed by atoms with Crippen molar-refractivity contribution in [3.63, 3.8) is 0 Å². The molecule has 8 heteroatoms. The molecule has 0 aliphatic carbocycles. The number of amides is 1. The van der Waals surface area contributed by atoms with Crippen LogP contribution in [-0.4, -0.2) is 25.0 Å². The van der Waals surface area contributed by atoms with E-state index in [0.717, 1.165) is 4.90 Å². The van der Waals surface area contributed by atoms with Crippen LogP contribution < -0.4 is 5.32 Å². The monoisotopic (exact) mass is 545 g/mol. The van der Waals surface area contributed by atoms with Crippen molar-refractivity contribution in [1.82, 2.24) is 5.32 Å². The molecule has 1 amide bonds. The Hall–Kier alpha value is -1.35. The molecule has 0 radical (unpaired) electrons. The second kappa shape index (κ2) is 10.6. The van der Waals surface area contributed by atoms with E-state index < -0.39 is 12.3 Å². The van der Waals surface area contributed by atoms with Crippen molar-refractivity contribution in [2.24, 2.45) is 5.16 Å². The minimum absolute atomic E-state index is 0. The molecule has 2 aromatic rings. The molecule has 0 aliphatic rings. The molecule has 1 N–H and O–H groups in total. The summed E-state index contributed by atoms with van der Waals surface area (Å²) in [4.78, 5) is 17.9. The molecule has 0 saturated carbocycles. The number of benzene rings is 2. The largest absolute Gasteiger partial charge is 0.398 e. The standard InChI is InChI=1S/C17H18N2O3PS.W/c1-22-19-16(14-9-5-3-6-10-14)17(20)18-13-23(2,21)24-15-11-7-4-8-12-15;/h3-12H,2,13H2,1H3,(H,18,20);/q-1;/b19-16-;. The molecule has 0 aromatic heterocycles. The van der Waals surface area contributed by atoms with Gasteiger partial charge in [0.05, 0.1) is 6.29 Å². The predicted octanol–water partition coefficient (Wildman–Crippen LogP) is 3.97. The van der Waals surface area contributed by atoms with E-state index in [1.54, 1.807) is 24.3 Å². The molecule has 0 saturated heterocycles. The Morgan fingerprint density at radius 1 is 1.16 bits per heavy atom. The molecule has 0 heterocycles. The zero-order valence-corrected chi connectivity index (χ0v) is 18.3. The maximum atomic E-state index is 12.6. The van der Waals surface area contributed by atoms with Gasteiger partial charge in [0.2, 0.25) is 0 Å². The molecule has 5 nitrogen and oxygen atoms in total. The Kier molecular flexibility index (Phi) is 9.19. The normalized spacial score (nSPS) is 13.3. The number of hydrogen-bond donors (Lipinski definition) is 1. The van der Waals surface area contributed by atoms with Crippen molar-refractivity contribution < 1.29 is 35.3 Å². The van der Waals surface area contributed by atoms with Gasteiger partial charge in [-0.15, -0.1) is 0 Å². The quantitative estimate of drug-likeness (QED) is 0.248. The maximum absolute atomic E-state index is 12.6. The molecular weight excluding hydrogens is 527 g/mol. The summed E-state index contributed by atoms with van der Waals surface area (Å²) in [6.45, 7) is 3.75. The van der Waals surface area contributed by atoms with E-state index in [4.69, 9.17) is 4.84 Å². The first-order valence-electron chi connectivity index (χ1n) is 7.15. The van der Waals surface area contributed by atoms with Gasteiger partial charge < -0.3 is 14.7 Å². The first-order valence-corrected chi connectivity index (χ1v) is 10.6. The molecule has 2 rings (SSSR count). The van der Waals surface area contributed by atoms with Crippen LogP contribution in [0, 0.1) is 6.66 Å². The van der Waals surface area contributed by atoms with E-state index in [2.05, 4.69) is 17.1 Å². The van der Waals surface area contributed by atoms with Gasteiger partial charge in [-0.2, -0.15) is 0 Å². The summed E-state index contributed by atoms with van der Waals surface area (Å²) in [5, 5.41) is 6.40. The fraction of sp³-hybridized carbons (Fsp3) is 0.118. The maximum Gasteiger partial charge on any atom is 0.274 e. The van der Waals surface area contributed by atoms with Crippen LogP contribution in [0.5, 0.6) is 0 Å². The third-order valence-corrected chi connectivity index (χ3v) is 6.41. The Balaban J connectivity index is 0.00000312. The summed E-state index contributed by atoms with van der Waals surface area (Å²) in [6, 6.07) is 18.2. The summed E-state index contributed by atoms with van der Waals surface area (Å²) in [5.74, 6) is -0.458. The summed E-state index contributed by atoms with van der Waals surface area (Å²) >= 11 is 1.17. The van der Waals surface area contributed by atoms with E-state index >= 15 is 0 Å². The van der Waals surface area contributed by atoms with Gasteiger partial charge in [-0.05, 0) is 12.1 Å². The Labute approximate surface area is 166 Å². The van der Waals surface area contributed by atoms with Crippen LogP contribution in [0.25, 0.3) is 0 Å². The number of oxime groups is 1. The van der Waals surface area contributed by atoms with Gasteiger partial charge in [0.1, 0.15) is 7.11 Å². The number of nitrogens with one attached hydrogen (secondary N) is 1. The zero-order chi connectivity index (χ0) is 17.4. The van der Waals surface area contributed by atoms with Gasteiger partial charge in [-0.3, -0.25) is 11.5 Å². The molecule has 25 heavy (non-hydrogen) atoms. The van der Waals surface area contributed by atoms with Gasteiger partial charge >= 0.3 is 0 Å². The summed E-state index contributed by atoms with van der Waals surface area (Å²) in [6.07, 6.45) is -2.92. The van der Waals surface area contributed by atoms with Gasteiger partial charge in [0.15, 0.2) is 5.71 Å². The SMILES string of the molecule is [CH2-]P(=O)(CNC(=O)/C(=N\OC)c1ccccc1)Sc1ccccc1.[W]. The van der Waals surface area contributed by atoms with Crippen LogP contribution in [0.15, 0.2) is 70.7 Å². The topological polar surface area (TPSA) is 67.8 Å². The fourth-order valence-electron chi connectivity index (χ4n) is 1.89. The Morgan fingerprint density at radius 2 is 1.72 bits per heavy atom. The first kappa shape index (κ1) is 21.7. The predicted molar refractivity (Wildman–Crippen MR) is 98.3 cm³/mol. The summed E-state index contributed by atoms with van der Waals surface area (Å²) in [5.41, 5.74) is 0.745. The van der Waals surface area contributed by atoms with Crippen molar-refractivity contribution >= 4 is 29.3 Å². The van der Waals surface area contributed by atoms with Gasteiger partial charge in [-0.1, -0.05) is 65.1 Å². The van der Waals surface area contributed by atoms with E-state index in [9.17, 15) is 9.36 Å². The third-order valence-electron chi connectivity index (χ3n) is 2.94. The average molecular weight is 545 g/mol. The average Bonchev–Trinajstić information content (AvgIpc) is 2.59. The molecule has 132 valence electrons. The van der Waals surface area contributed by atoms with Gasteiger partial charge in [-0.25, -0.2) is 0 Å². The molecule has 0 spiro atoms. The van der Waals surface area contributed by atoms with E-state index in [1.807, 2.05) is 36.4 Å². The first-order chi connectivity index (χ1) is 11.5. The summed E-state index contributed by atoms with van der Waals surface area (Å²) in [7, 11) is 1.37. The van der Waals surface area contributed by atoms with E-state index in [0.29, 0.717) is 5.56 Å². The number of carbonyl (C=O) groups is 1. The van der Waals surface area contributed by atoms with Crippen molar-refractivity contribution in [3.8, 4) is 0 Å². The number of carbonyl (C=O) groups excluding carboxylic acids is 1. The smallest absolute Gasteiger partial charge is 0.274 e. The van der Waals surface area contributed by atoms with Crippen molar-refractivity contribution in [2.45, 2.75) is 4.90 Å². The second-order valence-electron chi connectivity index (χ2n) is 4.87. The van der Waals surface area contributed by atoms with Crippen molar-refractivity contribution in [3.05, 3.63) is 72.9 Å². The van der Waals surface area contributed by atoms with Crippen LogP contribution in [0.1, 0.15) is 5.56 Å².